The molecule has 4 rings (SSSR count). The molecule has 1 aliphatic carbocycles. The molecule has 1 saturated carbocycles. The maximum atomic E-state index is 13.2. The topological polar surface area (TPSA) is 65.4 Å². The van der Waals surface area contributed by atoms with Crippen LogP contribution in [-0.2, 0) is 4.79 Å². The van der Waals surface area contributed by atoms with E-state index in [0.29, 0.717) is 19.0 Å². The van der Waals surface area contributed by atoms with Crippen LogP contribution in [0.15, 0.2) is 59.7 Å². The zero-order valence-corrected chi connectivity index (χ0v) is 16.7. The largest absolute Gasteiger partial charge is 0.497 e. The van der Waals surface area contributed by atoms with Crippen LogP contribution in [0.5, 0.6) is 5.75 Å². The van der Waals surface area contributed by atoms with Crippen LogP contribution in [0.2, 0.25) is 0 Å². The number of aliphatic hydroxyl groups is 1. The third-order valence-corrected chi connectivity index (χ3v) is 5.56. The zero-order chi connectivity index (χ0) is 20.2. The smallest absolute Gasteiger partial charge is 0.257 e. The number of hydrazone groups is 1. The summed E-state index contributed by atoms with van der Waals surface area (Å²) in [5, 5.41) is 15.7. The van der Waals surface area contributed by atoms with Gasteiger partial charge in [0.2, 0.25) is 0 Å². The molecule has 0 bridgehead atoms. The van der Waals surface area contributed by atoms with Crippen LogP contribution in [0.4, 0.5) is 0 Å². The molecule has 0 radical (unpaired) electrons. The molecule has 6 nitrogen and oxygen atoms in total. The first-order chi connectivity index (χ1) is 14.2. The van der Waals surface area contributed by atoms with Gasteiger partial charge in [-0.25, -0.2) is 5.01 Å². The van der Waals surface area contributed by atoms with Gasteiger partial charge in [0.1, 0.15) is 5.75 Å². The maximum Gasteiger partial charge on any atom is 0.257 e. The van der Waals surface area contributed by atoms with Gasteiger partial charge >= 0.3 is 0 Å². The van der Waals surface area contributed by atoms with Crippen molar-refractivity contribution in [3.63, 3.8) is 0 Å². The fraction of sp³-hybridized carbons (Fsp3) is 0.391. The van der Waals surface area contributed by atoms with Gasteiger partial charge < -0.3 is 9.84 Å². The number of aliphatic hydroxyl groups excluding tert-OH is 1. The summed E-state index contributed by atoms with van der Waals surface area (Å²) in [4.78, 5) is 15.3. The number of nitrogens with zero attached hydrogens (tertiary/aromatic N) is 3. The molecule has 2 aliphatic rings. The van der Waals surface area contributed by atoms with E-state index < -0.39 is 0 Å². The Morgan fingerprint density at radius 3 is 2.52 bits per heavy atom. The van der Waals surface area contributed by atoms with Crippen molar-refractivity contribution in [3.8, 4) is 5.75 Å². The van der Waals surface area contributed by atoms with Crippen molar-refractivity contribution in [2.24, 2.45) is 5.10 Å². The molecule has 1 amide bonds. The van der Waals surface area contributed by atoms with Gasteiger partial charge in [-0.1, -0.05) is 42.5 Å². The first-order valence-electron chi connectivity index (χ1n) is 10.1. The van der Waals surface area contributed by atoms with E-state index in [2.05, 4.69) is 4.90 Å². The van der Waals surface area contributed by atoms with Crippen LogP contribution in [0, 0.1) is 0 Å². The number of hydrogen-bond donors (Lipinski definition) is 1. The first-order valence-corrected chi connectivity index (χ1v) is 10.1. The van der Waals surface area contributed by atoms with Crippen LogP contribution >= 0.6 is 0 Å². The Morgan fingerprint density at radius 2 is 1.90 bits per heavy atom. The van der Waals surface area contributed by atoms with Crippen LogP contribution in [0.1, 0.15) is 36.4 Å². The Bertz CT molecular complexity index is 863. The predicted octanol–water partition coefficient (Wildman–Crippen LogP) is 2.83. The lowest BCUT2D eigenvalue weighted by molar-refractivity contribution is -0.134. The summed E-state index contributed by atoms with van der Waals surface area (Å²) in [5.41, 5.74) is 2.99. The van der Waals surface area contributed by atoms with Gasteiger partial charge in [-0.3, -0.25) is 9.69 Å². The van der Waals surface area contributed by atoms with Gasteiger partial charge in [-0.05, 0) is 36.1 Å². The van der Waals surface area contributed by atoms with Crippen molar-refractivity contribution in [1.82, 2.24) is 9.91 Å². The second-order valence-electron chi connectivity index (χ2n) is 7.57. The highest BCUT2D eigenvalue weighted by Crippen LogP contribution is 2.34. The number of benzene rings is 2. The molecule has 1 fully saturated rings. The van der Waals surface area contributed by atoms with E-state index >= 15 is 0 Å². The third kappa shape index (κ3) is 4.49. The Labute approximate surface area is 171 Å². The molecular weight excluding hydrogens is 366 g/mol. The fourth-order valence-electron chi connectivity index (χ4n) is 3.84. The molecule has 0 aromatic heterocycles. The highest BCUT2D eigenvalue weighted by Gasteiger charge is 2.36. The minimum absolute atomic E-state index is 0.0305. The van der Waals surface area contributed by atoms with Gasteiger partial charge in [-0.2, -0.15) is 5.10 Å². The average molecular weight is 393 g/mol. The molecule has 1 heterocycles. The number of carbonyl (C=O) groups excluding carboxylic acids is 1. The van der Waals surface area contributed by atoms with Crippen molar-refractivity contribution in [2.45, 2.75) is 31.3 Å². The molecule has 29 heavy (non-hydrogen) atoms. The van der Waals surface area contributed by atoms with E-state index in [1.54, 1.807) is 12.1 Å². The zero-order valence-electron chi connectivity index (χ0n) is 16.7. The van der Waals surface area contributed by atoms with E-state index in [1.807, 2.05) is 54.6 Å². The lowest BCUT2D eigenvalue weighted by Gasteiger charge is -2.26. The molecule has 0 saturated heterocycles. The Kier molecular flexibility index (Phi) is 5.92. The summed E-state index contributed by atoms with van der Waals surface area (Å²) in [6.07, 6.45) is 2.85. The lowest BCUT2D eigenvalue weighted by Crippen LogP contribution is -2.40. The number of hydrogen-bond acceptors (Lipinski definition) is 5. The molecule has 2 aromatic rings. The van der Waals surface area contributed by atoms with Crippen molar-refractivity contribution < 1.29 is 14.6 Å². The Morgan fingerprint density at radius 1 is 1.17 bits per heavy atom. The molecule has 1 N–H and O–H groups in total. The highest BCUT2D eigenvalue weighted by atomic mass is 16.5. The summed E-state index contributed by atoms with van der Waals surface area (Å²) in [6, 6.07) is 18.1. The summed E-state index contributed by atoms with van der Waals surface area (Å²) in [7, 11) is 1.64. The van der Waals surface area contributed by atoms with E-state index in [4.69, 9.17) is 9.84 Å². The molecule has 1 aliphatic heterocycles. The van der Waals surface area contributed by atoms with E-state index in [-0.39, 0.29) is 25.1 Å². The van der Waals surface area contributed by atoms with Crippen molar-refractivity contribution >= 4 is 11.6 Å². The normalized spacial score (nSPS) is 18.8. The summed E-state index contributed by atoms with van der Waals surface area (Å²) >= 11 is 0. The van der Waals surface area contributed by atoms with Crippen LogP contribution < -0.4 is 4.74 Å². The maximum absolute atomic E-state index is 13.2. The molecule has 1 atom stereocenters. The van der Waals surface area contributed by atoms with Gasteiger partial charge in [0, 0.05) is 19.0 Å². The van der Waals surface area contributed by atoms with E-state index in [9.17, 15) is 9.90 Å². The third-order valence-electron chi connectivity index (χ3n) is 5.56. The lowest BCUT2D eigenvalue weighted by atomic mass is 9.98. The molecule has 2 aromatic carbocycles. The second kappa shape index (κ2) is 8.76. The fourth-order valence-corrected chi connectivity index (χ4v) is 3.84. The first kappa shape index (κ1) is 19.6. The summed E-state index contributed by atoms with van der Waals surface area (Å²) in [5.74, 6) is 0.758. The standard InChI is InChI=1S/C23H27N3O3/c1-29-20-11-7-18(8-12-20)22-15-21(17-5-3-2-4-6-17)24-26(22)23(28)16-25(13-14-27)19-9-10-19/h2-8,11-12,19,22,27H,9-10,13-16H2,1H3. The van der Waals surface area contributed by atoms with E-state index in [1.165, 1.54) is 0 Å². The van der Waals surface area contributed by atoms with Gasteiger partial charge in [-0.15, -0.1) is 0 Å². The number of carbonyl (C=O) groups is 1. The Balaban J connectivity index is 1.59. The van der Waals surface area contributed by atoms with Crippen molar-refractivity contribution in [2.75, 3.05) is 26.8 Å². The molecule has 152 valence electrons. The molecular formula is C23H27N3O3. The Hall–Kier alpha value is -2.70. The van der Waals surface area contributed by atoms with Crippen LogP contribution in [0.3, 0.4) is 0 Å². The molecule has 1 unspecified atom stereocenters. The SMILES string of the molecule is COc1ccc(C2CC(c3ccccc3)=NN2C(=O)CN(CCO)C2CC2)cc1. The minimum Gasteiger partial charge on any atom is -0.497 e. The minimum atomic E-state index is -0.140. The highest BCUT2D eigenvalue weighted by molar-refractivity contribution is 6.03. The quantitative estimate of drug-likeness (QED) is 0.749. The monoisotopic (exact) mass is 393 g/mol. The van der Waals surface area contributed by atoms with Crippen molar-refractivity contribution in [1.29, 1.82) is 0 Å². The van der Waals surface area contributed by atoms with Crippen LogP contribution in [0.25, 0.3) is 0 Å². The number of methoxy groups -OCH3 is 1. The van der Waals surface area contributed by atoms with Gasteiger partial charge in [0.25, 0.3) is 5.91 Å². The molecule has 0 spiro atoms. The predicted molar refractivity (Wildman–Crippen MR) is 112 cm³/mol. The number of ether oxygens (including phenoxy) is 1. The van der Waals surface area contributed by atoms with E-state index in [0.717, 1.165) is 35.4 Å². The second-order valence-corrected chi connectivity index (χ2v) is 7.57. The molecule has 6 heteroatoms. The van der Waals surface area contributed by atoms with Gasteiger partial charge in [0.15, 0.2) is 0 Å². The van der Waals surface area contributed by atoms with Crippen LogP contribution in [-0.4, -0.2) is 59.5 Å². The summed E-state index contributed by atoms with van der Waals surface area (Å²) in [6.45, 7) is 0.861. The van der Waals surface area contributed by atoms with Crippen molar-refractivity contribution in [3.05, 3.63) is 65.7 Å². The average Bonchev–Trinajstić information content (AvgIpc) is 3.52. The number of amides is 1. The summed E-state index contributed by atoms with van der Waals surface area (Å²) < 4.78 is 5.27. The van der Waals surface area contributed by atoms with Gasteiger partial charge in [0.05, 0.1) is 32.0 Å². The number of rotatable bonds is 8.